The van der Waals surface area contributed by atoms with Crippen molar-refractivity contribution in [2.75, 3.05) is 19.6 Å². The van der Waals surface area contributed by atoms with Crippen LogP contribution in [0.25, 0.3) is 0 Å². The zero-order valence-electron chi connectivity index (χ0n) is 29.9. The van der Waals surface area contributed by atoms with Gasteiger partial charge in [0.25, 0.3) is 0 Å². The molecule has 0 aliphatic heterocycles. The van der Waals surface area contributed by atoms with E-state index < -0.39 is 6.04 Å². The van der Waals surface area contributed by atoms with Crippen molar-refractivity contribution in [3.8, 4) is 0 Å². The second-order valence-corrected chi connectivity index (χ2v) is 13.4. The highest BCUT2D eigenvalue weighted by Crippen LogP contribution is 2.12. The van der Waals surface area contributed by atoms with E-state index in [9.17, 15) is 19.2 Å². The monoisotopic (exact) mass is 637 g/mol. The van der Waals surface area contributed by atoms with Gasteiger partial charge in [-0.3, -0.25) is 19.2 Å². The van der Waals surface area contributed by atoms with Gasteiger partial charge in [-0.2, -0.15) is 0 Å². The molecule has 0 saturated heterocycles. The Morgan fingerprint density at radius 2 is 0.911 bits per heavy atom. The van der Waals surface area contributed by atoms with Crippen LogP contribution in [0.5, 0.6) is 0 Å². The molecule has 0 rings (SSSR count). The zero-order chi connectivity index (χ0) is 33.4. The van der Waals surface area contributed by atoms with Crippen LogP contribution in [0.4, 0.5) is 0 Å². The summed E-state index contributed by atoms with van der Waals surface area (Å²) in [6, 6.07) is -0.611. The third kappa shape index (κ3) is 30.3. The minimum atomic E-state index is -0.611. The molecule has 0 aliphatic rings. The van der Waals surface area contributed by atoms with Crippen molar-refractivity contribution >= 4 is 23.6 Å². The fraction of sp³-hybridized carbons (Fsp3) is 0.892. The topological polar surface area (TPSA) is 116 Å². The first-order valence-electron chi connectivity index (χ1n) is 18.9. The number of rotatable bonds is 32. The predicted molar refractivity (Wildman–Crippen MR) is 188 cm³/mol. The molecule has 264 valence electrons. The van der Waals surface area contributed by atoms with Crippen molar-refractivity contribution in [3.63, 3.8) is 0 Å². The molecule has 45 heavy (non-hydrogen) atoms. The number of carbonyl (C=O) groups excluding carboxylic acids is 4. The molecule has 0 fully saturated rings. The first kappa shape index (κ1) is 42.9. The Bertz CT molecular complexity index is 744. The normalized spacial score (nSPS) is 11.8. The lowest BCUT2D eigenvalue weighted by Crippen LogP contribution is -2.48. The fourth-order valence-electron chi connectivity index (χ4n) is 5.47. The van der Waals surface area contributed by atoms with Gasteiger partial charge in [0.2, 0.25) is 23.6 Å². The molecule has 0 aromatic carbocycles. The van der Waals surface area contributed by atoms with Gasteiger partial charge in [-0.05, 0) is 38.0 Å². The van der Waals surface area contributed by atoms with Gasteiger partial charge in [0.15, 0.2) is 0 Å². The first-order valence-corrected chi connectivity index (χ1v) is 18.9. The van der Waals surface area contributed by atoms with Crippen molar-refractivity contribution in [2.24, 2.45) is 5.92 Å². The van der Waals surface area contributed by atoms with Gasteiger partial charge < -0.3 is 21.3 Å². The van der Waals surface area contributed by atoms with Crippen molar-refractivity contribution in [1.82, 2.24) is 21.3 Å². The Labute approximate surface area is 277 Å². The molecule has 1 atom stereocenters. The molecule has 0 saturated carbocycles. The summed E-state index contributed by atoms with van der Waals surface area (Å²) in [5.41, 5.74) is 0. The van der Waals surface area contributed by atoms with E-state index in [1.54, 1.807) is 0 Å². The number of amides is 4. The van der Waals surface area contributed by atoms with Crippen LogP contribution in [0.15, 0.2) is 0 Å². The maximum Gasteiger partial charge on any atom is 0.242 e. The third-order valence-electron chi connectivity index (χ3n) is 8.25. The second-order valence-electron chi connectivity index (χ2n) is 13.4. The van der Waals surface area contributed by atoms with E-state index in [1.165, 1.54) is 83.5 Å². The Morgan fingerprint density at radius 3 is 1.42 bits per heavy atom. The van der Waals surface area contributed by atoms with E-state index >= 15 is 0 Å². The van der Waals surface area contributed by atoms with Gasteiger partial charge in [0.1, 0.15) is 6.04 Å². The average molecular weight is 637 g/mol. The summed E-state index contributed by atoms with van der Waals surface area (Å²) in [5.74, 6) is 0.0520. The minimum absolute atomic E-state index is 0.0232. The zero-order valence-corrected chi connectivity index (χ0v) is 29.9. The van der Waals surface area contributed by atoms with Gasteiger partial charge in [0.05, 0.1) is 0 Å². The number of unbranched alkanes of at least 4 members (excludes halogenated alkanes) is 17. The highest BCUT2D eigenvalue weighted by atomic mass is 16.2. The molecule has 0 spiro atoms. The molecule has 8 heteroatoms. The van der Waals surface area contributed by atoms with E-state index in [0.29, 0.717) is 45.3 Å². The maximum absolute atomic E-state index is 12.9. The van der Waals surface area contributed by atoms with Crippen molar-refractivity contribution in [2.45, 2.75) is 188 Å². The summed E-state index contributed by atoms with van der Waals surface area (Å²) >= 11 is 0. The van der Waals surface area contributed by atoms with Crippen molar-refractivity contribution < 1.29 is 19.2 Å². The van der Waals surface area contributed by atoms with E-state index in [1.807, 2.05) is 13.8 Å². The molecule has 0 aromatic rings. The summed E-state index contributed by atoms with van der Waals surface area (Å²) in [6.07, 6.45) is 25.3. The Kier molecular flexibility index (Phi) is 30.3. The summed E-state index contributed by atoms with van der Waals surface area (Å²) in [5, 5.41) is 11.7. The molecular weight excluding hydrogens is 564 g/mol. The highest BCUT2D eigenvalue weighted by Gasteiger charge is 2.20. The molecule has 0 bridgehead atoms. The second kappa shape index (κ2) is 31.8. The highest BCUT2D eigenvalue weighted by molar-refractivity contribution is 5.87. The third-order valence-corrected chi connectivity index (χ3v) is 8.25. The number of hydrogen-bond acceptors (Lipinski definition) is 4. The lowest BCUT2D eigenvalue weighted by molar-refractivity contribution is -0.129. The van der Waals surface area contributed by atoms with Crippen LogP contribution in [0.2, 0.25) is 0 Å². The Balaban J connectivity index is 4.35. The van der Waals surface area contributed by atoms with Gasteiger partial charge in [-0.15, -0.1) is 0 Å². The smallest absolute Gasteiger partial charge is 0.242 e. The van der Waals surface area contributed by atoms with Crippen LogP contribution < -0.4 is 21.3 Å². The van der Waals surface area contributed by atoms with Crippen LogP contribution in [0.1, 0.15) is 182 Å². The molecule has 4 amide bonds. The van der Waals surface area contributed by atoms with E-state index in [0.717, 1.165) is 44.9 Å². The largest absolute Gasteiger partial charge is 0.356 e. The lowest BCUT2D eigenvalue weighted by Gasteiger charge is -2.19. The van der Waals surface area contributed by atoms with Crippen molar-refractivity contribution in [1.29, 1.82) is 0 Å². The Hall–Kier alpha value is -2.12. The fourth-order valence-corrected chi connectivity index (χ4v) is 5.47. The Morgan fingerprint density at radius 1 is 0.467 bits per heavy atom. The standard InChI is InChI=1S/C37H72N4O4/c1-5-7-9-11-13-15-17-19-21-26-34(42)38-28-24-23-25-33(37(45)40-30-29-39-36(44)31-32(3)4)41-35(43)27-22-20-18-16-14-12-10-8-6-2/h32-33H,5-31H2,1-4H3,(H,38,42)(H,39,44)(H,40,45)(H,41,43). The predicted octanol–water partition coefficient (Wildman–Crippen LogP) is 7.88. The van der Waals surface area contributed by atoms with E-state index in [2.05, 4.69) is 35.1 Å². The summed E-state index contributed by atoms with van der Waals surface area (Å²) in [7, 11) is 0. The van der Waals surface area contributed by atoms with Crippen LogP contribution in [0, 0.1) is 5.92 Å². The summed E-state index contributed by atoms with van der Waals surface area (Å²) < 4.78 is 0. The summed E-state index contributed by atoms with van der Waals surface area (Å²) in [6.45, 7) is 9.72. The molecule has 4 N–H and O–H groups in total. The van der Waals surface area contributed by atoms with Crippen LogP contribution in [-0.4, -0.2) is 49.3 Å². The molecule has 0 heterocycles. The first-order chi connectivity index (χ1) is 21.8. The molecule has 1 unspecified atom stereocenters. The van der Waals surface area contributed by atoms with Crippen LogP contribution in [0.3, 0.4) is 0 Å². The quantitative estimate of drug-likeness (QED) is 0.0562. The van der Waals surface area contributed by atoms with Gasteiger partial charge >= 0.3 is 0 Å². The molecular formula is C37H72N4O4. The van der Waals surface area contributed by atoms with Crippen LogP contribution in [-0.2, 0) is 19.2 Å². The van der Waals surface area contributed by atoms with E-state index in [4.69, 9.17) is 0 Å². The maximum atomic E-state index is 12.9. The lowest BCUT2D eigenvalue weighted by atomic mass is 10.1. The number of carbonyl (C=O) groups is 4. The summed E-state index contributed by atoms with van der Waals surface area (Å²) in [4.78, 5) is 49.7. The number of nitrogens with one attached hydrogen (secondary N) is 4. The van der Waals surface area contributed by atoms with Gasteiger partial charge in [-0.25, -0.2) is 0 Å². The molecule has 8 nitrogen and oxygen atoms in total. The SMILES string of the molecule is CCCCCCCCCCCC(=O)NCCCCC(NC(=O)CCCCCCCCCCC)C(=O)NCCNC(=O)CC(C)C. The molecule has 0 radical (unpaired) electrons. The van der Waals surface area contributed by atoms with Crippen LogP contribution >= 0.6 is 0 Å². The van der Waals surface area contributed by atoms with E-state index in [-0.39, 0.29) is 29.5 Å². The molecule has 0 aliphatic carbocycles. The number of hydrogen-bond donors (Lipinski definition) is 4. The molecule has 0 aromatic heterocycles. The van der Waals surface area contributed by atoms with Gasteiger partial charge in [-0.1, -0.05) is 130 Å². The van der Waals surface area contributed by atoms with Gasteiger partial charge in [0, 0.05) is 38.9 Å². The average Bonchev–Trinajstić information content (AvgIpc) is 3.00. The van der Waals surface area contributed by atoms with Crippen molar-refractivity contribution in [3.05, 3.63) is 0 Å². The minimum Gasteiger partial charge on any atom is -0.356 e.